The van der Waals surface area contributed by atoms with Crippen molar-refractivity contribution >= 4 is 29.2 Å². The fraction of sp³-hybridized carbons (Fsp3) is 0.391. The Morgan fingerprint density at radius 2 is 1.73 bits per heavy atom. The highest BCUT2D eigenvalue weighted by Gasteiger charge is 2.30. The molecule has 1 fully saturated rings. The number of carbonyl (C=O) groups is 2. The van der Waals surface area contributed by atoms with Crippen LogP contribution in [0.1, 0.15) is 24.0 Å². The van der Waals surface area contributed by atoms with Crippen molar-refractivity contribution < 1.29 is 22.8 Å². The fourth-order valence-corrected chi connectivity index (χ4v) is 3.75. The van der Waals surface area contributed by atoms with Crippen LogP contribution >= 0.6 is 11.6 Å². The number of anilines is 1. The molecule has 1 aliphatic heterocycles. The minimum atomic E-state index is -4.50. The summed E-state index contributed by atoms with van der Waals surface area (Å²) in [4.78, 5) is 26.3. The van der Waals surface area contributed by atoms with Gasteiger partial charge in [0.1, 0.15) is 0 Å². The molecule has 0 bridgehead atoms. The summed E-state index contributed by atoms with van der Waals surface area (Å²) in [5.74, 6) is 0.00661. The number of hydrogen-bond acceptors (Lipinski definition) is 3. The van der Waals surface area contributed by atoms with Gasteiger partial charge < -0.3 is 16.0 Å². The zero-order valence-electron chi connectivity index (χ0n) is 17.9. The molecular formula is C23H26ClF3N4O2. The lowest BCUT2D eigenvalue weighted by atomic mass is 9.96. The zero-order valence-corrected chi connectivity index (χ0v) is 18.7. The second-order valence-electron chi connectivity index (χ2n) is 8.04. The van der Waals surface area contributed by atoms with Crippen LogP contribution in [0.5, 0.6) is 0 Å². The monoisotopic (exact) mass is 482 g/mol. The van der Waals surface area contributed by atoms with E-state index in [-0.39, 0.29) is 18.1 Å². The molecule has 0 saturated carbocycles. The van der Waals surface area contributed by atoms with Crippen molar-refractivity contribution in [2.45, 2.75) is 25.6 Å². The molecule has 0 atom stereocenters. The van der Waals surface area contributed by atoms with Gasteiger partial charge in [-0.1, -0.05) is 29.8 Å². The van der Waals surface area contributed by atoms with E-state index < -0.39 is 17.8 Å². The third-order valence-electron chi connectivity index (χ3n) is 5.47. The van der Waals surface area contributed by atoms with Crippen LogP contribution in [0, 0.1) is 5.92 Å². The molecule has 33 heavy (non-hydrogen) atoms. The molecular weight excluding hydrogens is 457 g/mol. The van der Waals surface area contributed by atoms with Gasteiger partial charge in [-0.15, -0.1) is 0 Å². The lowest BCUT2D eigenvalue weighted by Gasteiger charge is -2.32. The van der Waals surface area contributed by atoms with Crippen LogP contribution < -0.4 is 16.0 Å². The van der Waals surface area contributed by atoms with Gasteiger partial charge in [0.25, 0.3) is 0 Å². The van der Waals surface area contributed by atoms with Crippen LogP contribution in [-0.2, 0) is 17.5 Å². The number of urea groups is 1. The lowest BCUT2D eigenvalue weighted by molar-refractivity contribution is -0.137. The molecule has 10 heteroatoms. The van der Waals surface area contributed by atoms with Crippen molar-refractivity contribution in [2.75, 3.05) is 31.5 Å². The van der Waals surface area contributed by atoms with Crippen molar-refractivity contribution in [2.24, 2.45) is 5.92 Å². The maximum atomic E-state index is 12.7. The van der Waals surface area contributed by atoms with Crippen molar-refractivity contribution in [3.05, 3.63) is 64.7 Å². The van der Waals surface area contributed by atoms with Crippen LogP contribution in [0.3, 0.4) is 0 Å². The summed E-state index contributed by atoms with van der Waals surface area (Å²) in [6, 6.07) is 11.3. The number of likely N-dealkylation sites (tertiary alicyclic amines) is 1. The van der Waals surface area contributed by atoms with E-state index >= 15 is 0 Å². The van der Waals surface area contributed by atoms with Gasteiger partial charge in [-0.3, -0.25) is 9.69 Å². The highest BCUT2D eigenvalue weighted by atomic mass is 35.5. The first kappa shape index (κ1) is 24.9. The van der Waals surface area contributed by atoms with E-state index in [2.05, 4.69) is 20.9 Å². The maximum absolute atomic E-state index is 12.7. The molecule has 0 unspecified atom stereocenters. The van der Waals surface area contributed by atoms with Gasteiger partial charge in [-0.25, -0.2) is 4.79 Å². The normalized spacial score (nSPS) is 15.2. The number of carbonyl (C=O) groups excluding carboxylic acids is 2. The Morgan fingerprint density at radius 1 is 1.03 bits per heavy atom. The lowest BCUT2D eigenvalue weighted by Crippen LogP contribution is -2.42. The molecule has 3 N–H and O–H groups in total. The van der Waals surface area contributed by atoms with Crippen molar-refractivity contribution in [1.82, 2.24) is 15.5 Å². The molecule has 0 radical (unpaired) electrons. The van der Waals surface area contributed by atoms with E-state index in [0.29, 0.717) is 12.5 Å². The Morgan fingerprint density at radius 3 is 2.39 bits per heavy atom. The summed E-state index contributed by atoms with van der Waals surface area (Å²) < 4.78 is 38.2. The summed E-state index contributed by atoms with van der Waals surface area (Å²) >= 11 is 5.92. The van der Waals surface area contributed by atoms with Gasteiger partial charge in [0.15, 0.2) is 0 Å². The first-order valence-corrected chi connectivity index (χ1v) is 11.0. The van der Waals surface area contributed by atoms with E-state index in [4.69, 9.17) is 11.6 Å². The fourth-order valence-electron chi connectivity index (χ4n) is 3.63. The maximum Gasteiger partial charge on any atom is 0.416 e. The number of amides is 3. The molecule has 3 amide bonds. The van der Waals surface area contributed by atoms with E-state index in [1.807, 2.05) is 24.3 Å². The van der Waals surface area contributed by atoms with Gasteiger partial charge in [-0.2, -0.15) is 13.2 Å². The Labute approximate surface area is 195 Å². The zero-order chi connectivity index (χ0) is 23.8. The van der Waals surface area contributed by atoms with Crippen LogP contribution in [0.25, 0.3) is 0 Å². The van der Waals surface area contributed by atoms with Crippen LogP contribution in [0.2, 0.25) is 5.02 Å². The second kappa shape index (κ2) is 11.4. The first-order valence-electron chi connectivity index (χ1n) is 10.6. The molecule has 2 aromatic rings. The second-order valence-corrected chi connectivity index (χ2v) is 8.47. The minimum Gasteiger partial charge on any atom is -0.354 e. The third-order valence-corrected chi connectivity index (χ3v) is 5.72. The Hall–Kier alpha value is -2.78. The molecule has 6 nitrogen and oxygen atoms in total. The van der Waals surface area contributed by atoms with E-state index in [1.54, 1.807) is 0 Å². The number of rotatable bonds is 7. The van der Waals surface area contributed by atoms with Crippen LogP contribution in [0.15, 0.2) is 48.5 Å². The summed E-state index contributed by atoms with van der Waals surface area (Å²) in [6.45, 7) is 2.98. The topological polar surface area (TPSA) is 73.5 Å². The Bertz CT molecular complexity index is 945. The molecule has 3 rings (SSSR count). The largest absolute Gasteiger partial charge is 0.416 e. The van der Waals surface area contributed by atoms with Gasteiger partial charge in [0.2, 0.25) is 5.91 Å². The predicted octanol–water partition coefficient (Wildman–Crippen LogP) is 4.51. The predicted molar refractivity (Wildman–Crippen MR) is 121 cm³/mol. The smallest absolute Gasteiger partial charge is 0.354 e. The number of alkyl halides is 3. The van der Waals surface area contributed by atoms with Crippen molar-refractivity contribution in [1.29, 1.82) is 0 Å². The Balaban J connectivity index is 1.32. The molecule has 2 aromatic carbocycles. The number of hydrogen-bond donors (Lipinski definition) is 3. The number of nitrogens with zero attached hydrogens (tertiary/aromatic N) is 1. The Kier molecular flexibility index (Phi) is 8.57. The third kappa shape index (κ3) is 8.25. The average molecular weight is 483 g/mol. The average Bonchev–Trinajstić information content (AvgIpc) is 2.78. The van der Waals surface area contributed by atoms with Gasteiger partial charge in [-0.05, 0) is 67.7 Å². The van der Waals surface area contributed by atoms with Gasteiger partial charge in [0, 0.05) is 23.8 Å². The molecule has 1 heterocycles. The summed E-state index contributed by atoms with van der Waals surface area (Å²) in [6.07, 6.45) is -2.59. The summed E-state index contributed by atoms with van der Waals surface area (Å²) in [5, 5.41) is 8.18. The number of piperidine rings is 1. The van der Waals surface area contributed by atoms with E-state index in [0.717, 1.165) is 49.6 Å². The van der Waals surface area contributed by atoms with Crippen LogP contribution in [-0.4, -0.2) is 43.0 Å². The van der Waals surface area contributed by atoms with E-state index in [1.165, 1.54) is 17.7 Å². The number of benzene rings is 2. The molecule has 0 aromatic heterocycles. The highest BCUT2D eigenvalue weighted by molar-refractivity contribution is 6.30. The summed E-state index contributed by atoms with van der Waals surface area (Å²) in [5.41, 5.74) is 0.339. The SMILES string of the molecule is O=C(CNC(=O)Nc1cccc(C(F)(F)F)c1)NCC1CCN(Cc2ccc(Cl)cc2)CC1. The standard InChI is InChI=1S/C23H26ClF3N4O2/c24-19-6-4-17(5-7-19)15-31-10-8-16(9-11-31)13-28-21(32)14-29-22(33)30-20-3-1-2-18(12-20)23(25,26)27/h1-7,12,16H,8-11,13-15H2,(H,28,32)(H2,29,30,33). The summed E-state index contributed by atoms with van der Waals surface area (Å²) in [7, 11) is 0. The number of nitrogens with one attached hydrogen (secondary N) is 3. The number of halogens is 4. The van der Waals surface area contributed by atoms with Gasteiger partial charge >= 0.3 is 12.2 Å². The van der Waals surface area contributed by atoms with Crippen LogP contribution in [0.4, 0.5) is 23.7 Å². The van der Waals surface area contributed by atoms with Gasteiger partial charge in [0.05, 0.1) is 12.1 Å². The molecule has 1 aliphatic rings. The van der Waals surface area contributed by atoms with Crippen molar-refractivity contribution in [3.8, 4) is 0 Å². The van der Waals surface area contributed by atoms with E-state index in [9.17, 15) is 22.8 Å². The molecule has 0 spiro atoms. The first-order chi connectivity index (χ1) is 15.7. The van der Waals surface area contributed by atoms with Crippen molar-refractivity contribution in [3.63, 3.8) is 0 Å². The highest BCUT2D eigenvalue weighted by Crippen LogP contribution is 2.30. The quantitative estimate of drug-likeness (QED) is 0.543. The molecule has 178 valence electrons. The molecule has 0 aliphatic carbocycles. The minimum absolute atomic E-state index is 0.00640. The molecule has 1 saturated heterocycles.